The zero-order valence-electron chi connectivity index (χ0n) is 9.89. The van der Waals surface area contributed by atoms with Gasteiger partial charge < -0.3 is 9.30 Å². The second-order valence-electron chi connectivity index (χ2n) is 4.49. The van der Waals surface area contributed by atoms with Gasteiger partial charge in [-0.05, 0) is 30.4 Å². The number of ether oxygens (including phenoxy) is 1. The van der Waals surface area contributed by atoms with Crippen molar-refractivity contribution in [3.05, 3.63) is 42.5 Å². The van der Waals surface area contributed by atoms with E-state index in [0.717, 1.165) is 18.4 Å². The van der Waals surface area contributed by atoms with E-state index in [1.165, 1.54) is 18.6 Å². The standard InChI is InChI=1S/C13H11F3N2O/c14-13(15,16)19-11-3-1-2-10(9-4-5-9)12(11)18-7-6-17-8-18/h1-3,6-9H,4-5H2. The highest BCUT2D eigenvalue weighted by molar-refractivity contribution is 5.55. The molecule has 19 heavy (non-hydrogen) atoms. The Balaban J connectivity index is 2.10. The Hall–Kier alpha value is -1.98. The summed E-state index contributed by atoms with van der Waals surface area (Å²) in [6.45, 7) is 0. The molecule has 6 heteroatoms. The zero-order chi connectivity index (χ0) is 13.5. The molecule has 0 radical (unpaired) electrons. The number of alkyl halides is 3. The van der Waals surface area contributed by atoms with Crippen LogP contribution in [0.4, 0.5) is 13.2 Å². The van der Waals surface area contributed by atoms with Crippen molar-refractivity contribution in [3.8, 4) is 11.4 Å². The molecular formula is C13H11F3N2O. The van der Waals surface area contributed by atoms with Crippen LogP contribution in [0.15, 0.2) is 36.9 Å². The SMILES string of the molecule is FC(F)(F)Oc1cccc(C2CC2)c1-n1ccnc1. The summed E-state index contributed by atoms with van der Waals surface area (Å²) in [5, 5.41) is 0. The Morgan fingerprint density at radius 2 is 2.05 bits per heavy atom. The number of nitrogens with zero attached hydrogens (tertiary/aromatic N) is 2. The second kappa shape index (κ2) is 4.29. The lowest BCUT2D eigenvalue weighted by atomic mass is 10.1. The molecule has 0 N–H and O–H groups in total. The van der Waals surface area contributed by atoms with Gasteiger partial charge >= 0.3 is 6.36 Å². The summed E-state index contributed by atoms with van der Waals surface area (Å²) in [5.41, 5.74) is 1.31. The summed E-state index contributed by atoms with van der Waals surface area (Å²) < 4.78 is 43.1. The molecule has 1 aromatic heterocycles. The van der Waals surface area contributed by atoms with Gasteiger partial charge in [-0.15, -0.1) is 13.2 Å². The minimum Gasteiger partial charge on any atom is -0.404 e. The van der Waals surface area contributed by atoms with Gasteiger partial charge in [0, 0.05) is 12.4 Å². The maximum atomic E-state index is 12.5. The molecule has 0 atom stereocenters. The van der Waals surface area contributed by atoms with Gasteiger partial charge in [0.1, 0.15) is 0 Å². The predicted octanol–water partition coefficient (Wildman–Crippen LogP) is 3.65. The number of benzene rings is 1. The van der Waals surface area contributed by atoms with Crippen molar-refractivity contribution < 1.29 is 17.9 Å². The van der Waals surface area contributed by atoms with Gasteiger partial charge in [0.2, 0.25) is 0 Å². The summed E-state index contributed by atoms with van der Waals surface area (Å²) >= 11 is 0. The van der Waals surface area contributed by atoms with Gasteiger partial charge in [-0.1, -0.05) is 12.1 Å². The van der Waals surface area contributed by atoms with Crippen LogP contribution in [-0.2, 0) is 0 Å². The summed E-state index contributed by atoms with van der Waals surface area (Å²) in [6.07, 6.45) is 1.92. The van der Waals surface area contributed by atoms with Crippen molar-refractivity contribution >= 4 is 0 Å². The summed E-state index contributed by atoms with van der Waals surface area (Å²) in [5.74, 6) is 0.129. The minimum absolute atomic E-state index is 0.185. The van der Waals surface area contributed by atoms with Crippen molar-refractivity contribution in [2.24, 2.45) is 0 Å². The molecule has 0 bridgehead atoms. The van der Waals surface area contributed by atoms with E-state index in [1.54, 1.807) is 16.8 Å². The zero-order valence-corrected chi connectivity index (χ0v) is 9.89. The van der Waals surface area contributed by atoms with E-state index in [-0.39, 0.29) is 5.75 Å². The van der Waals surface area contributed by atoms with Crippen LogP contribution in [-0.4, -0.2) is 15.9 Å². The molecule has 3 rings (SSSR count). The van der Waals surface area contributed by atoms with E-state index >= 15 is 0 Å². The fraction of sp³-hybridized carbons (Fsp3) is 0.308. The highest BCUT2D eigenvalue weighted by atomic mass is 19.4. The lowest BCUT2D eigenvalue weighted by Crippen LogP contribution is -2.18. The second-order valence-corrected chi connectivity index (χ2v) is 4.49. The first-order valence-corrected chi connectivity index (χ1v) is 5.91. The van der Waals surface area contributed by atoms with E-state index in [4.69, 9.17) is 0 Å². The van der Waals surface area contributed by atoms with Gasteiger partial charge in [0.15, 0.2) is 5.75 Å². The molecule has 0 aliphatic heterocycles. The van der Waals surface area contributed by atoms with Gasteiger partial charge in [-0.3, -0.25) is 0 Å². The molecule has 1 heterocycles. The summed E-state index contributed by atoms with van der Waals surface area (Å²) in [4.78, 5) is 3.88. The largest absolute Gasteiger partial charge is 0.573 e. The van der Waals surface area contributed by atoms with Crippen LogP contribution in [0.5, 0.6) is 5.75 Å². The van der Waals surface area contributed by atoms with Gasteiger partial charge in [-0.25, -0.2) is 4.98 Å². The third kappa shape index (κ3) is 2.57. The fourth-order valence-electron chi connectivity index (χ4n) is 2.14. The van der Waals surface area contributed by atoms with Crippen LogP contribution in [0.25, 0.3) is 5.69 Å². The molecule has 1 saturated carbocycles. The molecule has 1 aromatic carbocycles. The van der Waals surface area contributed by atoms with Crippen molar-refractivity contribution in [2.75, 3.05) is 0 Å². The predicted molar refractivity (Wildman–Crippen MR) is 62.2 cm³/mol. The van der Waals surface area contributed by atoms with Gasteiger partial charge in [-0.2, -0.15) is 0 Å². The van der Waals surface area contributed by atoms with Gasteiger partial charge in [0.25, 0.3) is 0 Å². The molecule has 0 unspecified atom stereocenters. The Labute approximate surface area is 107 Å². The highest BCUT2D eigenvalue weighted by Crippen LogP contribution is 2.45. The van der Waals surface area contributed by atoms with E-state index in [2.05, 4.69) is 9.72 Å². The quantitative estimate of drug-likeness (QED) is 0.849. The Morgan fingerprint density at radius 3 is 2.63 bits per heavy atom. The van der Waals surface area contributed by atoms with Crippen LogP contribution in [0.3, 0.4) is 0 Å². The van der Waals surface area contributed by atoms with Gasteiger partial charge in [0.05, 0.1) is 12.0 Å². The van der Waals surface area contributed by atoms with Crippen LogP contribution >= 0.6 is 0 Å². The minimum atomic E-state index is -4.70. The van der Waals surface area contributed by atoms with E-state index in [0.29, 0.717) is 11.6 Å². The molecular weight excluding hydrogens is 257 g/mol. The first kappa shape index (κ1) is 12.1. The molecule has 3 nitrogen and oxygen atoms in total. The molecule has 2 aromatic rings. The van der Waals surface area contributed by atoms with Crippen LogP contribution in [0.2, 0.25) is 0 Å². The normalized spacial score (nSPS) is 15.5. The average Bonchev–Trinajstić information content (AvgIpc) is 3.03. The average molecular weight is 268 g/mol. The maximum absolute atomic E-state index is 12.5. The lowest BCUT2D eigenvalue weighted by molar-refractivity contribution is -0.274. The molecule has 1 aliphatic rings. The van der Waals surface area contributed by atoms with Crippen molar-refractivity contribution in [1.82, 2.24) is 9.55 Å². The van der Waals surface area contributed by atoms with Crippen LogP contribution in [0, 0.1) is 0 Å². The number of hydrogen-bond acceptors (Lipinski definition) is 2. The molecule has 0 amide bonds. The van der Waals surface area contributed by atoms with E-state index in [1.807, 2.05) is 6.07 Å². The molecule has 1 aliphatic carbocycles. The first-order valence-electron chi connectivity index (χ1n) is 5.91. The third-order valence-corrected chi connectivity index (χ3v) is 3.04. The number of halogens is 3. The van der Waals surface area contributed by atoms with Crippen LogP contribution < -0.4 is 4.74 Å². The number of hydrogen-bond donors (Lipinski definition) is 0. The highest BCUT2D eigenvalue weighted by Gasteiger charge is 2.34. The Kier molecular flexibility index (Phi) is 2.73. The molecule has 1 fully saturated rings. The third-order valence-electron chi connectivity index (χ3n) is 3.04. The van der Waals surface area contributed by atoms with Crippen LogP contribution in [0.1, 0.15) is 24.3 Å². The fourth-order valence-corrected chi connectivity index (χ4v) is 2.14. The van der Waals surface area contributed by atoms with Crippen molar-refractivity contribution in [1.29, 1.82) is 0 Å². The summed E-state index contributed by atoms with van der Waals surface area (Å²) in [6, 6.07) is 4.76. The lowest BCUT2D eigenvalue weighted by Gasteiger charge is -2.17. The maximum Gasteiger partial charge on any atom is 0.573 e. The Bertz CT molecular complexity index is 574. The van der Waals surface area contributed by atoms with Crippen molar-refractivity contribution in [3.63, 3.8) is 0 Å². The molecule has 0 spiro atoms. The van der Waals surface area contributed by atoms with E-state index in [9.17, 15) is 13.2 Å². The molecule has 100 valence electrons. The smallest absolute Gasteiger partial charge is 0.404 e. The van der Waals surface area contributed by atoms with Crippen molar-refractivity contribution in [2.45, 2.75) is 25.1 Å². The monoisotopic (exact) mass is 268 g/mol. The first-order chi connectivity index (χ1) is 9.04. The topological polar surface area (TPSA) is 27.1 Å². The Morgan fingerprint density at radius 1 is 1.26 bits per heavy atom. The molecule has 0 saturated heterocycles. The number of aromatic nitrogens is 2. The number of rotatable bonds is 3. The number of para-hydroxylation sites is 1. The number of imidazole rings is 1. The van der Waals surface area contributed by atoms with E-state index < -0.39 is 6.36 Å². The summed E-state index contributed by atoms with van der Waals surface area (Å²) in [7, 11) is 0.